The van der Waals surface area contributed by atoms with Gasteiger partial charge in [-0.2, -0.15) is 4.99 Å². The maximum atomic E-state index is 7.75. The number of rotatable bonds is 2. The first-order valence-electron chi connectivity index (χ1n) is 4.59. The minimum atomic E-state index is -0.705. The molecule has 86 valence electrons. The Morgan fingerprint density at radius 3 is 2.27 bits per heavy atom. The highest BCUT2D eigenvalue weighted by Gasteiger charge is 2.46. The van der Waals surface area contributed by atoms with Crippen molar-refractivity contribution in [2.75, 3.05) is 7.11 Å². The molecule has 1 aliphatic heterocycles. The van der Waals surface area contributed by atoms with Gasteiger partial charge in [0, 0.05) is 6.42 Å². The molecule has 7 N–H and O–H groups in total. The number of hydrogen-bond donors (Lipinski definition) is 5. The number of hydrazine groups is 2. The van der Waals surface area contributed by atoms with Gasteiger partial charge in [-0.1, -0.05) is 0 Å². The predicted molar refractivity (Wildman–Crippen MR) is 58.2 cm³/mol. The van der Waals surface area contributed by atoms with Crippen molar-refractivity contribution in [2.45, 2.75) is 31.3 Å². The molecule has 0 saturated carbocycles. The van der Waals surface area contributed by atoms with Crippen LogP contribution in [-0.4, -0.2) is 29.9 Å². The maximum absolute atomic E-state index is 7.75. The number of nitrogens with one attached hydrogen (secondary N) is 3. The summed E-state index contributed by atoms with van der Waals surface area (Å²) in [6.07, 6.45) is 0.485. The molecule has 0 amide bonds. The van der Waals surface area contributed by atoms with E-state index in [-0.39, 0.29) is 5.84 Å². The van der Waals surface area contributed by atoms with Crippen LogP contribution in [0.4, 0.5) is 0 Å². The van der Waals surface area contributed by atoms with Crippen LogP contribution in [-0.2, 0) is 4.74 Å². The summed E-state index contributed by atoms with van der Waals surface area (Å²) in [4.78, 5) is 4.04. The average molecular weight is 214 g/mol. The summed E-state index contributed by atoms with van der Waals surface area (Å²) in [5.74, 6) is 11.4. The van der Waals surface area contributed by atoms with Crippen LogP contribution < -0.4 is 22.5 Å². The smallest absolute Gasteiger partial charge is 0.211 e. The Bertz CT molecular complexity index is 304. The van der Waals surface area contributed by atoms with Crippen molar-refractivity contribution >= 4 is 11.7 Å². The van der Waals surface area contributed by atoms with E-state index in [9.17, 15) is 0 Å². The third-order valence-corrected chi connectivity index (χ3v) is 2.75. The number of hydrogen-bond acceptors (Lipinski definition) is 6. The fourth-order valence-electron chi connectivity index (χ4n) is 1.72. The van der Waals surface area contributed by atoms with Crippen LogP contribution in [0.5, 0.6) is 0 Å². The second-order valence-electron chi connectivity index (χ2n) is 4.10. The van der Waals surface area contributed by atoms with E-state index in [1.54, 1.807) is 6.92 Å². The van der Waals surface area contributed by atoms with E-state index in [1.165, 1.54) is 7.11 Å². The predicted octanol–water partition coefficient (Wildman–Crippen LogP) is -1.14. The Morgan fingerprint density at radius 2 is 1.87 bits per heavy atom. The van der Waals surface area contributed by atoms with Gasteiger partial charge in [0.05, 0.1) is 12.6 Å². The monoisotopic (exact) mass is 214 g/mol. The minimum Gasteiger partial charge on any atom is -0.483 e. The first kappa shape index (κ1) is 12.1. The van der Waals surface area contributed by atoms with Gasteiger partial charge in [-0.3, -0.25) is 17.1 Å². The average Bonchev–Trinajstić information content (AvgIpc) is 2.23. The van der Waals surface area contributed by atoms with Gasteiger partial charge in [0.25, 0.3) is 0 Å². The van der Waals surface area contributed by atoms with E-state index in [0.717, 1.165) is 0 Å². The van der Waals surface area contributed by atoms with Crippen molar-refractivity contribution in [3.8, 4) is 0 Å². The quantitative estimate of drug-likeness (QED) is 0.294. The fraction of sp³-hybridized carbons (Fsp3) is 0.750. The van der Waals surface area contributed by atoms with E-state index in [0.29, 0.717) is 12.3 Å². The van der Waals surface area contributed by atoms with Crippen LogP contribution in [0.3, 0.4) is 0 Å². The zero-order valence-corrected chi connectivity index (χ0v) is 9.22. The zero-order valence-electron chi connectivity index (χ0n) is 9.22. The molecule has 0 aromatic rings. The van der Waals surface area contributed by atoms with Gasteiger partial charge >= 0.3 is 0 Å². The molecule has 2 unspecified atom stereocenters. The SMILES string of the molecule is COC1=NC(=N)C(C)(NN)CC1(C)NN. The van der Waals surface area contributed by atoms with Crippen molar-refractivity contribution in [1.29, 1.82) is 5.41 Å². The Balaban J connectivity index is 3.13. The van der Waals surface area contributed by atoms with Crippen molar-refractivity contribution in [2.24, 2.45) is 16.7 Å². The molecule has 0 radical (unpaired) electrons. The summed E-state index contributed by atoms with van der Waals surface area (Å²) in [7, 11) is 1.50. The first-order chi connectivity index (χ1) is 6.91. The Labute approximate surface area is 88.7 Å². The van der Waals surface area contributed by atoms with Crippen LogP contribution >= 0.6 is 0 Å². The number of nitrogens with two attached hydrogens (primary N) is 2. The van der Waals surface area contributed by atoms with E-state index in [1.807, 2.05) is 6.92 Å². The second-order valence-corrected chi connectivity index (χ2v) is 4.10. The molecular weight excluding hydrogens is 196 g/mol. The summed E-state index contributed by atoms with van der Waals surface area (Å²) in [6, 6.07) is 0. The lowest BCUT2D eigenvalue weighted by atomic mass is 9.81. The summed E-state index contributed by atoms with van der Waals surface area (Å²) in [6.45, 7) is 3.64. The lowest BCUT2D eigenvalue weighted by Crippen LogP contribution is -2.66. The molecule has 7 heteroatoms. The third-order valence-electron chi connectivity index (χ3n) is 2.75. The van der Waals surface area contributed by atoms with Crippen LogP contribution in [0.2, 0.25) is 0 Å². The molecule has 0 bridgehead atoms. The summed E-state index contributed by atoms with van der Waals surface area (Å²) < 4.78 is 5.10. The summed E-state index contributed by atoms with van der Waals surface area (Å²) in [5.41, 5.74) is 3.90. The van der Waals surface area contributed by atoms with Gasteiger partial charge in [-0.15, -0.1) is 0 Å². The van der Waals surface area contributed by atoms with E-state index in [4.69, 9.17) is 21.8 Å². The van der Waals surface area contributed by atoms with Crippen molar-refractivity contribution in [3.63, 3.8) is 0 Å². The number of ether oxygens (including phenoxy) is 1. The zero-order chi connectivity index (χ0) is 11.7. The highest BCUT2D eigenvalue weighted by molar-refractivity contribution is 6.04. The van der Waals surface area contributed by atoms with Crippen LogP contribution in [0.1, 0.15) is 20.3 Å². The van der Waals surface area contributed by atoms with Gasteiger partial charge in [0.2, 0.25) is 5.90 Å². The highest BCUT2D eigenvalue weighted by atomic mass is 16.5. The molecule has 1 heterocycles. The van der Waals surface area contributed by atoms with E-state index >= 15 is 0 Å². The molecule has 1 rings (SSSR count). The standard InChI is InChI=1S/C8H18N6O/c1-7(13-10)4-8(2,14-11)6(15-3)12-5(7)9/h9,13-14H,4,10-11H2,1-3H3. The highest BCUT2D eigenvalue weighted by Crippen LogP contribution is 2.27. The van der Waals surface area contributed by atoms with Gasteiger partial charge in [-0.25, -0.2) is 10.9 Å². The maximum Gasteiger partial charge on any atom is 0.211 e. The summed E-state index contributed by atoms with van der Waals surface area (Å²) >= 11 is 0. The van der Waals surface area contributed by atoms with Crippen molar-refractivity contribution in [1.82, 2.24) is 10.9 Å². The number of aliphatic imine (C=N–C) groups is 1. The minimum absolute atomic E-state index is 0.134. The number of amidine groups is 1. The van der Waals surface area contributed by atoms with Crippen LogP contribution in [0.15, 0.2) is 4.99 Å². The van der Waals surface area contributed by atoms with Gasteiger partial charge in [0.15, 0.2) is 0 Å². The molecule has 7 nitrogen and oxygen atoms in total. The second kappa shape index (κ2) is 3.86. The Morgan fingerprint density at radius 1 is 1.33 bits per heavy atom. The fourth-order valence-corrected chi connectivity index (χ4v) is 1.72. The topological polar surface area (TPSA) is 122 Å². The lowest BCUT2D eigenvalue weighted by Gasteiger charge is -2.41. The normalized spacial score (nSPS) is 36.3. The molecular formula is C8H18N6O. The van der Waals surface area contributed by atoms with Crippen LogP contribution in [0.25, 0.3) is 0 Å². The lowest BCUT2D eigenvalue weighted by molar-refractivity contribution is 0.265. The first-order valence-corrected chi connectivity index (χ1v) is 4.59. The van der Waals surface area contributed by atoms with Gasteiger partial charge in [0.1, 0.15) is 11.4 Å². The summed E-state index contributed by atoms with van der Waals surface area (Å²) in [5, 5.41) is 7.75. The Kier molecular flexibility index (Phi) is 3.10. The Hall–Kier alpha value is -1.02. The van der Waals surface area contributed by atoms with Crippen LogP contribution in [0, 0.1) is 5.41 Å². The molecule has 0 aromatic carbocycles. The van der Waals surface area contributed by atoms with Gasteiger partial charge in [-0.05, 0) is 13.8 Å². The molecule has 0 saturated heterocycles. The molecule has 0 aromatic heterocycles. The van der Waals surface area contributed by atoms with E-state index in [2.05, 4.69) is 15.8 Å². The largest absolute Gasteiger partial charge is 0.483 e. The number of methoxy groups -OCH3 is 1. The molecule has 0 aliphatic carbocycles. The van der Waals surface area contributed by atoms with Gasteiger partial charge < -0.3 is 4.74 Å². The molecule has 1 aliphatic rings. The third kappa shape index (κ3) is 1.86. The van der Waals surface area contributed by atoms with Crippen molar-refractivity contribution < 1.29 is 4.74 Å². The molecule has 0 fully saturated rings. The van der Waals surface area contributed by atoms with E-state index < -0.39 is 11.1 Å². The molecule has 15 heavy (non-hydrogen) atoms. The molecule has 0 spiro atoms. The molecule has 2 atom stereocenters. The number of nitrogens with zero attached hydrogens (tertiary/aromatic N) is 1. The van der Waals surface area contributed by atoms with Crippen molar-refractivity contribution in [3.05, 3.63) is 0 Å².